The van der Waals surface area contributed by atoms with Gasteiger partial charge in [-0.15, -0.1) is 0 Å². The summed E-state index contributed by atoms with van der Waals surface area (Å²) in [6.45, 7) is 0.0310. The minimum Gasteiger partial charge on any atom is -0.465 e. The number of rotatable bonds is 0. The number of carboxylic acid groups (broad SMARTS) is 1. The molecule has 0 saturated carbocycles. The normalized spacial score (nSPS) is 24.3. The minimum atomic E-state index is -4.57. The highest BCUT2D eigenvalue weighted by Gasteiger charge is 2.46. The molecule has 0 spiro atoms. The Morgan fingerprint density at radius 3 is 2.57 bits per heavy atom. The number of anilines is 1. The van der Waals surface area contributed by atoms with Crippen molar-refractivity contribution in [3.8, 4) is 0 Å². The van der Waals surface area contributed by atoms with Crippen molar-refractivity contribution >= 4 is 17.7 Å². The Labute approximate surface area is 117 Å². The Morgan fingerprint density at radius 2 is 1.95 bits per heavy atom. The molecule has 2 unspecified atom stereocenters. The summed E-state index contributed by atoms with van der Waals surface area (Å²) in [4.78, 5) is 24.1. The third-order valence-corrected chi connectivity index (χ3v) is 3.98. The van der Waals surface area contributed by atoms with Crippen molar-refractivity contribution in [1.29, 1.82) is 0 Å². The summed E-state index contributed by atoms with van der Waals surface area (Å²) >= 11 is 0. The van der Waals surface area contributed by atoms with Crippen molar-refractivity contribution in [2.24, 2.45) is 5.92 Å². The molecule has 0 aliphatic carbocycles. The van der Waals surface area contributed by atoms with Crippen LogP contribution in [0.4, 0.5) is 23.7 Å². The predicted molar refractivity (Wildman–Crippen MR) is 65.9 cm³/mol. The maximum atomic E-state index is 13.0. The van der Waals surface area contributed by atoms with E-state index in [0.717, 1.165) is 11.0 Å². The Balaban J connectivity index is 2.08. The molecule has 2 aliphatic heterocycles. The van der Waals surface area contributed by atoms with Crippen LogP contribution in [0.2, 0.25) is 0 Å². The Morgan fingerprint density at radius 1 is 1.29 bits per heavy atom. The molecule has 0 aromatic heterocycles. The smallest absolute Gasteiger partial charge is 0.418 e. The SMILES string of the molecule is O=C1Nc2c(cccc2C(F)(F)F)C2CN(C(=O)O)CC12. The summed E-state index contributed by atoms with van der Waals surface area (Å²) in [6.07, 6.45) is -5.75. The molecule has 2 N–H and O–H groups in total. The van der Waals surface area contributed by atoms with Gasteiger partial charge in [-0.05, 0) is 11.6 Å². The van der Waals surface area contributed by atoms with Gasteiger partial charge in [0.25, 0.3) is 0 Å². The van der Waals surface area contributed by atoms with Crippen molar-refractivity contribution in [1.82, 2.24) is 4.90 Å². The highest BCUT2D eigenvalue weighted by Crippen LogP contribution is 2.45. The van der Waals surface area contributed by atoms with Crippen LogP contribution in [0.3, 0.4) is 0 Å². The molecular formula is C13H11F3N2O3. The van der Waals surface area contributed by atoms with Gasteiger partial charge in [0.1, 0.15) is 0 Å². The van der Waals surface area contributed by atoms with Crippen LogP contribution in [-0.2, 0) is 11.0 Å². The van der Waals surface area contributed by atoms with E-state index in [1.807, 2.05) is 0 Å². The summed E-state index contributed by atoms with van der Waals surface area (Å²) < 4.78 is 39.0. The number of nitrogens with one attached hydrogen (secondary N) is 1. The standard InChI is InChI=1S/C13H11F3N2O3/c14-13(15,16)9-3-1-2-6-7-4-18(12(20)21)5-8(7)11(19)17-10(6)9/h1-3,7-8H,4-5H2,(H,17,19)(H,20,21). The monoisotopic (exact) mass is 300 g/mol. The number of carbonyl (C=O) groups excluding carboxylic acids is 1. The summed E-state index contributed by atoms with van der Waals surface area (Å²) in [5.41, 5.74) is -0.803. The van der Waals surface area contributed by atoms with Gasteiger partial charge in [-0.1, -0.05) is 12.1 Å². The molecule has 5 nitrogen and oxygen atoms in total. The number of hydrogen-bond acceptors (Lipinski definition) is 2. The molecule has 112 valence electrons. The van der Waals surface area contributed by atoms with E-state index in [4.69, 9.17) is 5.11 Å². The lowest BCUT2D eigenvalue weighted by atomic mass is 9.83. The zero-order chi connectivity index (χ0) is 15.4. The highest BCUT2D eigenvalue weighted by atomic mass is 19.4. The van der Waals surface area contributed by atoms with Gasteiger partial charge in [0, 0.05) is 19.0 Å². The number of amides is 2. The van der Waals surface area contributed by atoms with Crippen LogP contribution in [0.1, 0.15) is 17.0 Å². The van der Waals surface area contributed by atoms with E-state index in [2.05, 4.69) is 5.32 Å². The summed E-state index contributed by atoms with van der Waals surface area (Å²) in [7, 11) is 0. The number of nitrogens with zero attached hydrogens (tertiary/aromatic N) is 1. The van der Waals surface area contributed by atoms with Crippen LogP contribution in [0.25, 0.3) is 0 Å². The minimum absolute atomic E-state index is 0.00151. The molecule has 2 heterocycles. The van der Waals surface area contributed by atoms with E-state index in [1.54, 1.807) is 0 Å². The fourth-order valence-electron chi connectivity index (χ4n) is 3.01. The van der Waals surface area contributed by atoms with Gasteiger partial charge in [0.2, 0.25) is 5.91 Å². The summed E-state index contributed by atoms with van der Waals surface area (Å²) in [5, 5.41) is 11.3. The molecule has 0 radical (unpaired) electrons. The molecule has 1 aromatic carbocycles. The molecule has 8 heteroatoms. The van der Waals surface area contributed by atoms with Gasteiger partial charge in [-0.3, -0.25) is 4.79 Å². The Kier molecular flexibility index (Phi) is 2.86. The van der Waals surface area contributed by atoms with Gasteiger partial charge in [0.15, 0.2) is 0 Å². The van der Waals surface area contributed by atoms with Crippen LogP contribution in [0, 0.1) is 5.92 Å². The first-order valence-electron chi connectivity index (χ1n) is 6.28. The summed E-state index contributed by atoms with van der Waals surface area (Å²) in [5.74, 6) is -1.74. The predicted octanol–water partition coefficient (Wildman–Crippen LogP) is 2.35. The number of carbonyl (C=O) groups is 2. The second-order valence-electron chi connectivity index (χ2n) is 5.16. The van der Waals surface area contributed by atoms with Crippen molar-refractivity contribution in [3.63, 3.8) is 0 Å². The molecule has 0 bridgehead atoms. The van der Waals surface area contributed by atoms with E-state index in [-0.39, 0.29) is 18.8 Å². The van der Waals surface area contributed by atoms with Gasteiger partial charge in [-0.25, -0.2) is 4.79 Å². The topological polar surface area (TPSA) is 69.6 Å². The number of hydrogen-bond donors (Lipinski definition) is 2. The first-order valence-corrected chi connectivity index (χ1v) is 6.28. The largest absolute Gasteiger partial charge is 0.465 e. The molecule has 2 amide bonds. The maximum Gasteiger partial charge on any atom is 0.418 e. The lowest BCUT2D eigenvalue weighted by molar-refractivity contribution is -0.137. The molecule has 2 aliphatic rings. The third-order valence-electron chi connectivity index (χ3n) is 3.98. The molecule has 1 saturated heterocycles. The second kappa shape index (κ2) is 4.37. The van der Waals surface area contributed by atoms with Crippen LogP contribution >= 0.6 is 0 Å². The van der Waals surface area contributed by atoms with E-state index >= 15 is 0 Å². The van der Waals surface area contributed by atoms with E-state index in [0.29, 0.717) is 5.56 Å². The fourth-order valence-corrected chi connectivity index (χ4v) is 3.01. The second-order valence-corrected chi connectivity index (χ2v) is 5.16. The van der Waals surface area contributed by atoms with Gasteiger partial charge < -0.3 is 15.3 Å². The number of alkyl halides is 3. The lowest BCUT2D eigenvalue weighted by Crippen LogP contribution is -2.34. The maximum absolute atomic E-state index is 13.0. The van der Waals surface area contributed by atoms with E-state index in [1.165, 1.54) is 12.1 Å². The van der Waals surface area contributed by atoms with Crippen LogP contribution < -0.4 is 5.32 Å². The fraction of sp³-hybridized carbons (Fsp3) is 0.385. The Bertz CT molecular complexity index is 630. The molecule has 1 fully saturated rings. The van der Waals surface area contributed by atoms with Crippen molar-refractivity contribution in [3.05, 3.63) is 29.3 Å². The number of halogens is 3. The van der Waals surface area contributed by atoms with Gasteiger partial charge in [0.05, 0.1) is 17.2 Å². The average molecular weight is 300 g/mol. The molecule has 2 atom stereocenters. The first-order chi connectivity index (χ1) is 9.79. The van der Waals surface area contributed by atoms with E-state index < -0.39 is 35.6 Å². The average Bonchev–Trinajstić information content (AvgIpc) is 2.83. The molecule has 21 heavy (non-hydrogen) atoms. The van der Waals surface area contributed by atoms with E-state index in [9.17, 15) is 22.8 Å². The third kappa shape index (κ3) is 2.10. The first kappa shape index (κ1) is 13.7. The van der Waals surface area contributed by atoms with Crippen molar-refractivity contribution in [2.45, 2.75) is 12.1 Å². The van der Waals surface area contributed by atoms with Crippen LogP contribution in [-0.4, -0.2) is 35.1 Å². The van der Waals surface area contributed by atoms with Gasteiger partial charge in [-0.2, -0.15) is 13.2 Å². The van der Waals surface area contributed by atoms with Crippen LogP contribution in [0.15, 0.2) is 18.2 Å². The lowest BCUT2D eigenvalue weighted by Gasteiger charge is -2.29. The highest BCUT2D eigenvalue weighted by molar-refractivity contribution is 5.98. The summed E-state index contributed by atoms with van der Waals surface area (Å²) in [6, 6.07) is 3.69. The number of benzene rings is 1. The van der Waals surface area contributed by atoms with Gasteiger partial charge >= 0.3 is 12.3 Å². The zero-order valence-corrected chi connectivity index (χ0v) is 10.6. The van der Waals surface area contributed by atoms with Crippen LogP contribution in [0.5, 0.6) is 0 Å². The number of para-hydroxylation sites is 1. The van der Waals surface area contributed by atoms with Crippen molar-refractivity contribution in [2.75, 3.05) is 18.4 Å². The number of fused-ring (bicyclic) bond motifs is 3. The molecule has 3 rings (SSSR count). The Hall–Kier alpha value is -2.25. The quantitative estimate of drug-likeness (QED) is 0.772. The molecule has 1 aromatic rings. The van der Waals surface area contributed by atoms with Crippen molar-refractivity contribution < 1.29 is 27.9 Å². The molecular weight excluding hydrogens is 289 g/mol. The zero-order valence-electron chi connectivity index (χ0n) is 10.6. The number of likely N-dealkylation sites (tertiary alicyclic amines) is 1.